The predicted octanol–water partition coefficient (Wildman–Crippen LogP) is 0.688. The zero-order valence-corrected chi connectivity index (χ0v) is 13.0. The molecule has 1 fully saturated rings. The first-order chi connectivity index (χ1) is 10.5. The molecule has 2 atom stereocenters. The smallest absolute Gasteiger partial charge is 0.305 e. The highest BCUT2D eigenvalue weighted by molar-refractivity contribution is 6.30. The molecule has 0 radical (unpaired) electrons. The Morgan fingerprint density at radius 2 is 2.23 bits per heavy atom. The highest BCUT2D eigenvalue weighted by Crippen LogP contribution is 2.16. The molecule has 1 aliphatic heterocycles. The molecule has 1 aliphatic rings. The van der Waals surface area contributed by atoms with Crippen LogP contribution in [-0.2, 0) is 20.7 Å². The number of nitrogens with one attached hydrogen (secondary N) is 1. The van der Waals surface area contributed by atoms with Crippen molar-refractivity contribution in [2.45, 2.75) is 51.6 Å². The van der Waals surface area contributed by atoms with Gasteiger partial charge < -0.3 is 15.1 Å². The van der Waals surface area contributed by atoms with Gasteiger partial charge in [-0.2, -0.15) is 0 Å². The molecule has 0 saturated carbocycles. The van der Waals surface area contributed by atoms with Crippen LogP contribution in [0.5, 0.6) is 0 Å². The van der Waals surface area contributed by atoms with Crippen molar-refractivity contribution < 1.29 is 19.3 Å². The lowest BCUT2D eigenvalue weighted by molar-refractivity contribution is -0.139. The number of nitrogens with zero attached hydrogens (tertiary/aromatic N) is 1. The number of rotatable bonds is 5. The lowest BCUT2D eigenvalue weighted by Gasteiger charge is -2.28. The molecule has 1 aromatic heterocycles. The zero-order chi connectivity index (χ0) is 16.1. The topological polar surface area (TPSA) is 88.5 Å². The van der Waals surface area contributed by atoms with Crippen LogP contribution in [0.25, 0.3) is 0 Å². The lowest BCUT2D eigenvalue weighted by atomic mass is 9.79. The molecule has 118 valence electrons. The number of hydrogen-bond acceptors (Lipinski definition) is 4. The van der Waals surface area contributed by atoms with E-state index in [4.69, 9.17) is 9.76 Å². The molecule has 0 aromatic carbocycles. The van der Waals surface area contributed by atoms with Gasteiger partial charge in [0.2, 0.25) is 5.91 Å². The third kappa shape index (κ3) is 4.56. The van der Waals surface area contributed by atoms with Crippen molar-refractivity contribution in [3.05, 3.63) is 29.1 Å². The Bertz CT molecular complexity index is 556. The zero-order valence-electron chi connectivity index (χ0n) is 13.0. The molecule has 0 bridgehead atoms. The summed E-state index contributed by atoms with van der Waals surface area (Å²) in [5.41, 5.74) is 2.95. The van der Waals surface area contributed by atoms with Crippen molar-refractivity contribution in [2.75, 3.05) is 0 Å². The maximum atomic E-state index is 12.1. The molecular weight excluding hydrogens is 283 g/mol. The second kappa shape index (κ2) is 7.40. The molecule has 2 rings (SSSR count). The second-order valence-electron chi connectivity index (χ2n) is 5.75. The van der Waals surface area contributed by atoms with Gasteiger partial charge >= 0.3 is 5.97 Å². The molecule has 1 saturated heterocycles. The van der Waals surface area contributed by atoms with Crippen LogP contribution in [0.1, 0.15) is 36.1 Å². The minimum atomic E-state index is -0.851. The number of hydrogen-bond donors (Lipinski definition) is 2. The summed E-state index contributed by atoms with van der Waals surface area (Å²) >= 11 is 0. The number of carbonyl (C=O) groups excluding carboxylic acids is 1. The van der Waals surface area contributed by atoms with Crippen LogP contribution in [0.4, 0.5) is 0 Å². The van der Waals surface area contributed by atoms with E-state index in [1.54, 1.807) is 6.20 Å². The van der Waals surface area contributed by atoms with Crippen LogP contribution >= 0.6 is 0 Å². The number of carbonyl (C=O) groups is 2. The first-order valence-corrected chi connectivity index (χ1v) is 7.49. The van der Waals surface area contributed by atoms with Crippen LogP contribution in [0, 0.1) is 13.8 Å². The van der Waals surface area contributed by atoms with E-state index in [9.17, 15) is 9.59 Å². The SMILES string of the molecule is Cc1nccc(CC(=O)NC2BOC(CC(=O)O)CC2)c1C. The number of amides is 1. The van der Waals surface area contributed by atoms with Gasteiger partial charge in [0.25, 0.3) is 7.48 Å². The van der Waals surface area contributed by atoms with Gasteiger partial charge in [0.1, 0.15) is 0 Å². The molecule has 7 heteroatoms. The molecule has 2 heterocycles. The number of carboxylic acid groups (broad SMARTS) is 1. The van der Waals surface area contributed by atoms with E-state index in [0.29, 0.717) is 20.3 Å². The van der Waals surface area contributed by atoms with Crippen LogP contribution in [-0.4, -0.2) is 41.5 Å². The molecule has 1 amide bonds. The Hall–Kier alpha value is -1.89. The third-order valence-electron chi connectivity index (χ3n) is 4.06. The minimum Gasteiger partial charge on any atom is -0.481 e. The molecule has 6 nitrogen and oxygen atoms in total. The van der Waals surface area contributed by atoms with E-state index in [-0.39, 0.29) is 24.4 Å². The van der Waals surface area contributed by atoms with E-state index in [0.717, 1.165) is 23.2 Å². The maximum absolute atomic E-state index is 12.1. The van der Waals surface area contributed by atoms with Crippen LogP contribution in [0.2, 0.25) is 0 Å². The fourth-order valence-electron chi connectivity index (χ4n) is 2.61. The Labute approximate surface area is 130 Å². The Balaban J connectivity index is 1.81. The van der Waals surface area contributed by atoms with E-state index >= 15 is 0 Å². The average molecular weight is 304 g/mol. The number of aryl methyl sites for hydroxylation is 1. The molecule has 22 heavy (non-hydrogen) atoms. The largest absolute Gasteiger partial charge is 0.481 e. The van der Waals surface area contributed by atoms with Crippen molar-refractivity contribution in [3.8, 4) is 0 Å². The Morgan fingerprint density at radius 1 is 1.45 bits per heavy atom. The number of carboxylic acids is 1. The summed E-state index contributed by atoms with van der Waals surface area (Å²) in [7, 11) is 0.373. The summed E-state index contributed by atoms with van der Waals surface area (Å²) in [4.78, 5) is 27.0. The van der Waals surface area contributed by atoms with Crippen molar-refractivity contribution in [2.24, 2.45) is 0 Å². The van der Waals surface area contributed by atoms with Gasteiger partial charge in [-0.15, -0.1) is 0 Å². The molecule has 2 N–H and O–H groups in total. The Kier molecular flexibility index (Phi) is 5.54. The van der Waals surface area contributed by atoms with Gasteiger partial charge in [0.05, 0.1) is 18.9 Å². The van der Waals surface area contributed by atoms with Gasteiger partial charge in [-0.05, 0) is 43.9 Å². The summed E-state index contributed by atoms with van der Waals surface area (Å²) in [6.45, 7) is 3.89. The normalized spacial score (nSPS) is 21.0. The van der Waals surface area contributed by atoms with E-state index < -0.39 is 5.97 Å². The molecular formula is C15H21BN2O4. The van der Waals surface area contributed by atoms with Crippen LogP contribution < -0.4 is 5.32 Å². The number of aromatic nitrogens is 1. The quantitative estimate of drug-likeness (QED) is 0.781. The standard InChI is InChI=1S/C15H21BN2O4/c1-9-10(2)17-6-5-11(9)7-14(19)18-13-4-3-12(22-16-13)8-15(20)21/h5-6,12-13,16H,3-4,7-8H2,1-2H3,(H,18,19)(H,20,21). The predicted molar refractivity (Wildman–Crippen MR) is 82.9 cm³/mol. The van der Waals surface area contributed by atoms with Gasteiger partial charge in [0.15, 0.2) is 0 Å². The minimum absolute atomic E-state index is 0.0240. The first kappa shape index (κ1) is 16.5. The van der Waals surface area contributed by atoms with E-state index in [1.165, 1.54) is 0 Å². The lowest BCUT2D eigenvalue weighted by Crippen LogP contribution is -2.45. The van der Waals surface area contributed by atoms with Crippen molar-refractivity contribution >= 4 is 19.4 Å². The van der Waals surface area contributed by atoms with Crippen molar-refractivity contribution in [1.82, 2.24) is 10.3 Å². The van der Waals surface area contributed by atoms with Crippen LogP contribution in [0.3, 0.4) is 0 Å². The van der Waals surface area contributed by atoms with Crippen molar-refractivity contribution in [1.29, 1.82) is 0 Å². The molecule has 0 spiro atoms. The van der Waals surface area contributed by atoms with Crippen molar-refractivity contribution in [3.63, 3.8) is 0 Å². The summed E-state index contributed by atoms with van der Waals surface area (Å²) < 4.78 is 5.49. The maximum Gasteiger partial charge on any atom is 0.305 e. The van der Waals surface area contributed by atoms with Crippen LogP contribution in [0.15, 0.2) is 12.3 Å². The van der Waals surface area contributed by atoms with Gasteiger partial charge in [0, 0.05) is 17.8 Å². The fourth-order valence-corrected chi connectivity index (χ4v) is 2.61. The highest BCUT2D eigenvalue weighted by Gasteiger charge is 2.26. The second-order valence-corrected chi connectivity index (χ2v) is 5.75. The van der Waals surface area contributed by atoms with E-state index in [2.05, 4.69) is 10.3 Å². The summed E-state index contributed by atoms with van der Waals surface area (Å²) in [5, 5.41) is 11.7. The molecule has 2 unspecified atom stereocenters. The monoisotopic (exact) mass is 304 g/mol. The van der Waals surface area contributed by atoms with Gasteiger partial charge in [-0.1, -0.05) is 0 Å². The first-order valence-electron chi connectivity index (χ1n) is 7.49. The summed E-state index contributed by atoms with van der Waals surface area (Å²) in [6, 6.07) is 1.86. The molecule has 1 aromatic rings. The third-order valence-corrected chi connectivity index (χ3v) is 4.06. The summed E-state index contributed by atoms with van der Waals surface area (Å²) in [6.07, 6.45) is 3.23. The number of aliphatic carboxylic acids is 1. The highest BCUT2D eigenvalue weighted by atomic mass is 16.4. The average Bonchev–Trinajstić information content (AvgIpc) is 2.45. The van der Waals surface area contributed by atoms with E-state index in [1.807, 2.05) is 19.9 Å². The Morgan fingerprint density at radius 3 is 2.86 bits per heavy atom. The van der Waals surface area contributed by atoms with Gasteiger partial charge in [-0.3, -0.25) is 14.6 Å². The fraction of sp³-hybridized carbons (Fsp3) is 0.533. The summed E-state index contributed by atoms with van der Waals surface area (Å²) in [5.74, 6) is -0.934. The number of pyridine rings is 1. The van der Waals surface area contributed by atoms with Gasteiger partial charge in [-0.25, -0.2) is 0 Å². The molecule has 0 aliphatic carbocycles.